The molecule has 0 saturated heterocycles. The van der Waals surface area contributed by atoms with Gasteiger partial charge in [0.15, 0.2) is 0 Å². The molecule has 3 heteroatoms. The highest BCUT2D eigenvalue weighted by Gasteiger charge is 2.16. The molecule has 0 amide bonds. The largest absolute Gasteiger partial charge is 0.508 e. The quantitative estimate of drug-likeness (QED) is 0.516. The predicted octanol–water partition coefficient (Wildman–Crippen LogP) is 3.68. The SMILES string of the molecule is CCCCOC(=O)O[CH]C1CCCCC1. The maximum absolute atomic E-state index is 11.1. The summed E-state index contributed by atoms with van der Waals surface area (Å²) in [6.07, 6.45) is 7.47. The second-order valence-corrected chi connectivity index (χ2v) is 4.10. The average Bonchev–Trinajstić information content (AvgIpc) is 2.28. The van der Waals surface area contributed by atoms with E-state index in [4.69, 9.17) is 9.47 Å². The third-order valence-electron chi connectivity index (χ3n) is 2.72. The molecule has 0 unspecified atom stereocenters. The van der Waals surface area contributed by atoms with Crippen molar-refractivity contribution in [3.8, 4) is 0 Å². The molecule has 87 valence electrons. The Morgan fingerprint density at radius 3 is 2.73 bits per heavy atom. The van der Waals surface area contributed by atoms with E-state index in [1.807, 2.05) is 0 Å². The highest BCUT2D eigenvalue weighted by Crippen LogP contribution is 2.25. The van der Waals surface area contributed by atoms with Crippen molar-refractivity contribution in [3.05, 3.63) is 6.61 Å². The molecule has 0 aliphatic heterocycles. The molecule has 1 saturated carbocycles. The molecule has 1 rings (SSSR count). The van der Waals surface area contributed by atoms with Gasteiger partial charge in [0.2, 0.25) is 0 Å². The summed E-state index contributed by atoms with van der Waals surface area (Å²) >= 11 is 0. The normalized spacial score (nSPS) is 17.4. The van der Waals surface area contributed by atoms with Crippen molar-refractivity contribution in [2.75, 3.05) is 6.61 Å². The molecule has 1 fully saturated rings. The molecular weight excluding hydrogens is 192 g/mol. The zero-order valence-corrected chi connectivity index (χ0v) is 9.54. The van der Waals surface area contributed by atoms with Crippen molar-refractivity contribution in [2.24, 2.45) is 5.92 Å². The fourth-order valence-corrected chi connectivity index (χ4v) is 1.76. The molecule has 1 radical (unpaired) electrons. The summed E-state index contributed by atoms with van der Waals surface area (Å²) in [5.74, 6) is 0.442. The van der Waals surface area contributed by atoms with Gasteiger partial charge in [-0.05, 0) is 25.2 Å². The van der Waals surface area contributed by atoms with Crippen LogP contribution in [0.4, 0.5) is 4.79 Å². The Labute approximate surface area is 92.1 Å². The first-order valence-electron chi connectivity index (χ1n) is 5.99. The van der Waals surface area contributed by atoms with Crippen LogP contribution < -0.4 is 0 Å². The van der Waals surface area contributed by atoms with E-state index in [1.165, 1.54) is 19.3 Å². The van der Waals surface area contributed by atoms with Gasteiger partial charge in [-0.25, -0.2) is 4.79 Å². The molecule has 0 aromatic heterocycles. The molecule has 0 aromatic carbocycles. The van der Waals surface area contributed by atoms with Crippen LogP contribution in [0, 0.1) is 12.5 Å². The van der Waals surface area contributed by atoms with Crippen molar-refractivity contribution in [2.45, 2.75) is 51.9 Å². The van der Waals surface area contributed by atoms with Crippen LogP contribution in [0.3, 0.4) is 0 Å². The Hall–Kier alpha value is -0.730. The van der Waals surface area contributed by atoms with E-state index in [2.05, 4.69) is 6.92 Å². The minimum absolute atomic E-state index is 0.442. The van der Waals surface area contributed by atoms with Gasteiger partial charge in [0.05, 0.1) is 6.61 Å². The van der Waals surface area contributed by atoms with Crippen LogP contribution in [0.1, 0.15) is 51.9 Å². The maximum Gasteiger partial charge on any atom is 0.508 e. The van der Waals surface area contributed by atoms with E-state index in [1.54, 1.807) is 6.61 Å². The molecule has 0 bridgehead atoms. The van der Waals surface area contributed by atoms with Crippen molar-refractivity contribution >= 4 is 6.16 Å². The van der Waals surface area contributed by atoms with E-state index in [-0.39, 0.29) is 0 Å². The van der Waals surface area contributed by atoms with E-state index < -0.39 is 6.16 Å². The minimum Gasteiger partial charge on any atom is -0.434 e. The second kappa shape index (κ2) is 7.55. The van der Waals surface area contributed by atoms with Gasteiger partial charge in [-0.3, -0.25) is 0 Å². The lowest BCUT2D eigenvalue weighted by molar-refractivity contribution is 0.0627. The van der Waals surface area contributed by atoms with Crippen molar-refractivity contribution in [3.63, 3.8) is 0 Å². The van der Waals surface area contributed by atoms with Gasteiger partial charge in [0, 0.05) is 0 Å². The molecule has 0 spiro atoms. The number of ether oxygens (including phenoxy) is 2. The van der Waals surface area contributed by atoms with Crippen molar-refractivity contribution in [1.82, 2.24) is 0 Å². The molecule has 1 aliphatic rings. The Kier molecular flexibility index (Phi) is 6.21. The van der Waals surface area contributed by atoms with Crippen LogP contribution >= 0.6 is 0 Å². The van der Waals surface area contributed by atoms with Crippen LogP contribution in [0.15, 0.2) is 0 Å². The lowest BCUT2D eigenvalue weighted by Gasteiger charge is -2.19. The van der Waals surface area contributed by atoms with E-state index in [0.717, 1.165) is 25.7 Å². The van der Waals surface area contributed by atoms with Crippen molar-refractivity contribution in [1.29, 1.82) is 0 Å². The number of unbranched alkanes of at least 4 members (excludes halogenated alkanes) is 1. The van der Waals surface area contributed by atoms with Crippen LogP contribution in [0.5, 0.6) is 0 Å². The first-order chi connectivity index (χ1) is 7.33. The molecule has 0 aromatic rings. The minimum atomic E-state index is -0.547. The molecule has 0 N–H and O–H groups in total. The van der Waals surface area contributed by atoms with Crippen LogP contribution in [-0.2, 0) is 9.47 Å². The summed E-state index contributed by atoms with van der Waals surface area (Å²) < 4.78 is 9.82. The Morgan fingerprint density at radius 1 is 1.33 bits per heavy atom. The first-order valence-corrected chi connectivity index (χ1v) is 5.99. The zero-order chi connectivity index (χ0) is 10.9. The maximum atomic E-state index is 11.1. The van der Waals surface area contributed by atoms with E-state index in [0.29, 0.717) is 12.5 Å². The molecule has 0 atom stereocenters. The summed E-state index contributed by atoms with van der Waals surface area (Å²) in [4.78, 5) is 11.1. The summed E-state index contributed by atoms with van der Waals surface area (Å²) in [6.45, 7) is 4.18. The van der Waals surface area contributed by atoms with Gasteiger partial charge >= 0.3 is 6.16 Å². The monoisotopic (exact) mass is 213 g/mol. The second-order valence-electron chi connectivity index (χ2n) is 4.10. The molecule has 0 heterocycles. The lowest BCUT2D eigenvalue weighted by atomic mass is 9.90. The molecule has 3 nitrogen and oxygen atoms in total. The van der Waals surface area contributed by atoms with Crippen LogP contribution in [-0.4, -0.2) is 12.8 Å². The molecular formula is C12H21O3. The highest BCUT2D eigenvalue weighted by atomic mass is 16.7. The fraction of sp³-hybridized carbons (Fsp3) is 0.833. The topological polar surface area (TPSA) is 35.5 Å². The average molecular weight is 213 g/mol. The smallest absolute Gasteiger partial charge is 0.434 e. The lowest BCUT2D eigenvalue weighted by Crippen LogP contribution is -2.13. The Bertz CT molecular complexity index is 174. The third kappa shape index (κ3) is 5.65. The standard InChI is InChI=1S/C12H21O3/c1-2-3-9-14-12(13)15-10-11-7-5-4-6-8-11/h10-11H,2-9H2,1H3. The molecule has 15 heavy (non-hydrogen) atoms. The zero-order valence-electron chi connectivity index (χ0n) is 9.54. The number of carbonyl (C=O) groups excluding carboxylic acids is 1. The predicted molar refractivity (Wildman–Crippen MR) is 58.2 cm³/mol. The Balaban J connectivity index is 2.00. The number of hydrogen-bond donors (Lipinski definition) is 0. The van der Waals surface area contributed by atoms with Gasteiger partial charge < -0.3 is 9.47 Å². The number of carbonyl (C=O) groups is 1. The summed E-state index contributed by atoms with van der Waals surface area (Å²) in [5, 5.41) is 0. The summed E-state index contributed by atoms with van der Waals surface area (Å²) in [7, 11) is 0. The van der Waals surface area contributed by atoms with Crippen LogP contribution in [0.25, 0.3) is 0 Å². The third-order valence-corrected chi connectivity index (χ3v) is 2.72. The van der Waals surface area contributed by atoms with Gasteiger partial charge in [0.1, 0.15) is 6.61 Å². The number of rotatable bonds is 5. The molecule has 1 aliphatic carbocycles. The summed E-state index contributed by atoms with van der Waals surface area (Å²) in [6, 6.07) is 0. The highest BCUT2D eigenvalue weighted by molar-refractivity contribution is 5.60. The van der Waals surface area contributed by atoms with E-state index in [9.17, 15) is 4.79 Å². The van der Waals surface area contributed by atoms with Gasteiger partial charge in [-0.15, -0.1) is 0 Å². The Morgan fingerprint density at radius 2 is 2.07 bits per heavy atom. The van der Waals surface area contributed by atoms with E-state index >= 15 is 0 Å². The van der Waals surface area contributed by atoms with Crippen LogP contribution in [0.2, 0.25) is 0 Å². The fourth-order valence-electron chi connectivity index (χ4n) is 1.76. The van der Waals surface area contributed by atoms with Gasteiger partial charge in [-0.1, -0.05) is 32.6 Å². The first kappa shape index (κ1) is 12.3. The van der Waals surface area contributed by atoms with Crippen molar-refractivity contribution < 1.29 is 14.3 Å². The van der Waals surface area contributed by atoms with Gasteiger partial charge in [-0.2, -0.15) is 0 Å². The summed E-state index contributed by atoms with van der Waals surface area (Å²) in [5.41, 5.74) is 0. The van der Waals surface area contributed by atoms with Gasteiger partial charge in [0.25, 0.3) is 0 Å². The number of hydrogen-bond acceptors (Lipinski definition) is 3.